The van der Waals surface area contributed by atoms with Gasteiger partial charge in [0.2, 0.25) is 5.91 Å². The Morgan fingerprint density at radius 1 is 1.17 bits per heavy atom. The lowest BCUT2D eigenvalue weighted by Crippen LogP contribution is -2.33. The Morgan fingerprint density at radius 2 is 2.00 bits per heavy atom. The molecule has 122 valence electrons. The molecule has 0 saturated heterocycles. The Labute approximate surface area is 138 Å². The van der Waals surface area contributed by atoms with Crippen molar-refractivity contribution >= 4 is 28.4 Å². The minimum absolute atomic E-state index is 0.156. The van der Waals surface area contributed by atoms with E-state index in [0.717, 1.165) is 5.52 Å². The van der Waals surface area contributed by atoms with Gasteiger partial charge in [-0.2, -0.15) is 5.10 Å². The number of nitrogens with zero attached hydrogens (tertiary/aromatic N) is 1. The second-order valence-electron chi connectivity index (χ2n) is 5.08. The molecule has 0 atom stereocenters. The number of carbonyl (C=O) groups is 2. The third kappa shape index (κ3) is 3.35. The van der Waals surface area contributed by atoms with Gasteiger partial charge in [-0.15, -0.1) is 0 Å². The zero-order valence-electron chi connectivity index (χ0n) is 13.0. The van der Waals surface area contributed by atoms with Gasteiger partial charge in [0.15, 0.2) is 5.69 Å². The summed E-state index contributed by atoms with van der Waals surface area (Å²) < 4.78 is 5.09. The zero-order valence-corrected chi connectivity index (χ0v) is 13.0. The van der Waals surface area contributed by atoms with Crippen molar-refractivity contribution in [2.75, 3.05) is 19.0 Å². The maximum Gasteiger partial charge on any atom is 0.272 e. The fourth-order valence-corrected chi connectivity index (χ4v) is 2.29. The summed E-state index contributed by atoms with van der Waals surface area (Å²) in [5, 5.41) is 12.7. The van der Waals surface area contributed by atoms with Crippen LogP contribution < -0.4 is 15.4 Å². The van der Waals surface area contributed by atoms with Crippen molar-refractivity contribution in [3.8, 4) is 5.75 Å². The average molecular weight is 324 g/mol. The van der Waals surface area contributed by atoms with Crippen LogP contribution in [-0.4, -0.2) is 35.7 Å². The summed E-state index contributed by atoms with van der Waals surface area (Å²) in [6.45, 7) is -0.156. The summed E-state index contributed by atoms with van der Waals surface area (Å²) >= 11 is 0. The van der Waals surface area contributed by atoms with Crippen LogP contribution in [0.2, 0.25) is 0 Å². The van der Waals surface area contributed by atoms with E-state index in [1.54, 1.807) is 37.4 Å². The first-order chi connectivity index (χ1) is 11.7. The normalized spacial score (nSPS) is 10.4. The van der Waals surface area contributed by atoms with Gasteiger partial charge < -0.3 is 15.4 Å². The van der Waals surface area contributed by atoms with Crippen molar-refractivity contribution in [2.45, 2.75) is 0 Å². The Kier molecular flexibility index (Phi) is 4.42. The van der Waals surface area contributed by atoms with Crippen LogP contribution in [0.15, 0.2) is 48.5 Å². The van der Waals surface area contributed by atoms with E-state index in [1.165, 1.54) is 0 Å². The van der Waals surface area contributed by atoms with Gasteiger partial charge in [-0.3, -0.25) is 14.7 Å². The van der Waals surface area contributed by atoms with Gasteiger partial charge in [0.25, 0.3) is 5.91 Å². The van der Waals surface area contributed by atoms with E-state index in [1.807, 2.05) is 18.2 Å². The van der Waals surface area contributed by atoms with Crippen molar-refractivity contribution in [3.05, 3.63) is 54.2 Å². The lowest BCUT2D eigenvalue weighted by atomic mass is 10.2. The second-order valence-corrected chi connectivity index (χ2v) is 5.08. The summed E-state index contributed by atoms with van der Waals surface area (Å²) in [4.78, 5) is 24.1. The van der Waals surface area contributed by atoms with E-state index in [9.17, 15) is 9.59 Å². The first-order valence-corrected chi connectivity index (χ1v) is 7.32. The first kappa shape index (κ1) is 15.5. The first-order valence-electron chi connectivity index (χ1n) is 7.32. The Morgan fingerprint density at radius 3 is 2.83 bits per heavy atom. The summed E-state index contributed by atoms with van der Waals surface area (Å²) in [6.07, 6.45) is 0. The van der Waals surface area contributed by atoms with Gasteiger partial charge in [0.1, 0.15) is 5.75 Å². The molecule has 0 radical (unpaired) electrons. The van der Waals surface area contributed by atoms with Gasteiger partial charge in [-0.05, 0) is 18.2 Å². The third-order valence-electron chi connectivity index (χ3n) is 3.45. The predicted octanol–water partition coefficient (Wildman–Crippen LogP) is 1.94. The van der Waals surface area contributed by atoms with Crippen LogP contribution >= 0.6 is 0 Å². The molecule has 0 aliphatic carbocycles. The van der Waals surface area contributed by atoms with E-state index < -0.39 is 5.91 Å². The standard InChI is InChI=1S/C17H16N4O3/c1-24-12-6-4-5-11(9-12)19-15(22)10-18-17(23)16-13-7-2-3-8-14(13)20-21-16/h2-9H,10H2,1H3,(H,18,23)(H,19,22)(H,20,21). The van der Waals surface area contributed by atoms with E-state index in [0.29, 0.717) is 16.8 Å². The Bertz CT molecular complexity index is 888. The number of H-pyrrole nitrogens is 1. The predicted molar refractivity (Wildman–Crippen MR) is 90.1 cm³/mol. The topological polar surface area (TPSA) is 96.1 Å². The summed E-state index contributed by atoms with van der Waals surface area (Å²) in [5.41, 5.74) is 1.63. The lowest BCUT2D eigenvalue weighted by Gasteiger charge is -2.07. The lowest BCUT2D eigenvalue weighted by molar-refractivity contribution is -0.115. The maximum absolute atomic E-state index is 12.2. The van der Waals surface area contributed by atoms with Crippen molar-refractivity contribution in [1.82, 2.24) is 15.5 Å². The number of hydrogen-bond donors (Lipinski definition) is 3. The molecule has 2 amide bonds. The molecule has 1 aromatic heterocycles. The van der Waals surface area contributed by atoms with Crippen molar-refractivity contribution in [1.29, 1.82) is 0 Å². The summed E-state index contributed by atoms with van der Waals surface area (Å²) in [5.74, 6) is -0.107. The molecule has 24 heavy (non-hydrogen) atoms. The van der Waals surface area contributed by atoms with Crippen molar-refractivity contribution in [2.24, 2.45) is 0 Å². The van der Waals surface area contributed by atoms with Crippen LogP contribution in [0, 0.1) is 0 Å². The van der Waals surface area contributed by atoms with Crippen LogP contribution in [0.1, 0.15) is 10.5 Å². The largest absolute Gasteiger partial charge is 0.497 e. The van der Waals surface area contributed by atoms with Crippen LogP contribution in [0.5, 0.6) is 5.75 Å². The molecule has 2 aromatic carbocycles. The molecule has 1 heterocycles. The van der Waals surface area contributed by atoms with Gasteiger partial charge >= 0.3 is 0 Å². The van der Waals surface area contributed by atoms with E-state index in [2.05, 4.69) is 20.8 Å². The number of benzene rings is 2. The molecule has 7 nitrogen and oxygen atoms in total. The number of anilines is 1. The fraction of sp³-hybridized carbons (Fsp3) is 0.118. The van der Waals surface area contributed by atoms with Gasteiger partial charge in [-0.1, -0.05) is 24.3 Å². The number of fused-ring (bicyclic) bond motifs is 1. The third-order valence-corrected chi connectivity index (χ3v) is 3.45. The number of aromatic nitrogens is 2. The molecule has 3 rings (SSSR count). The highest BCUT2D eigenvalue weighted by molar-refractivity contribution is 6.06. The molecule has 0 unspecified atom stereocenters. The van der Waals surface area contributed by atoms with E-state index in [-0.39, 0.29) is 18.1 Å². The van der Waals surface area contributed by atoms with Crippen LogP contribution in [0.4, 0.5) is 5.69 Å². The van der Waals surface area contributed by atoms with Crippen LogP contribution in [0.3, 0.4) is 0 Å². The minimum Gasteiger partial charge on any atom is -0.497 e. The van der Waals surface area contributed by atoms with Crippen molar-refractivity contribution < 1.29 is 14.3 Å². The van der Waals surface area contributed by atoms with Gasteiger partial charge in [-0.25, -0.2) is 0 Å². The Hall–Kier alpha value is -3.35. The SMILES string of the molecule is COc1cccc(NC(=O)CNC(=O)c2n[nH]c3ccccc23)c1. The average Bonchev–Trinajstić information content (AvgIpc) is 3.04. The highest BCUT2D eigenvalue weighted by atomic mass is 16.5. The quantitative estimate of drug-likeness (QED) is 0.668. The monoisotopic (exact) mass is 324 g/mol. The smallest absolute Gasteiger partial charge is 0.272 e. The van der Waals surface area contributed by atoms with Gasteiger partial charge in [0.05, 0.1) is 19.2 Å². The molecular formula is C17H16N4O3. The Balaban J connectivity index is 1.60. The number of hydrogen-bond acceptors (Lipinski definition) is 4. The number of nitrogens with one attached hydrogen (secondary N) is 3. The van der Waals surface area contributed by atoms with Crippen LogP contribution in [-0.2, 0) is 4.79 Å². The number of rotatable bonds is 5. The number of para-hydroxylation sites is 1. The molecule has 0 aliphatic heterocycles. The van der Waals surface area contributed by atoms with Crippen molar-refractivity contribution in [3.63, 3.8) is 0 Å². The molecule has 0 saturated carbocycles. The second kappa shape index (κ2) is 6.82. The number of carbonyl (C=O) groups excluding carboxylic acids is 2. The molecular weight excluding hydrogens is 308 g/mol. The summed E-state index contributed by atoms with van der Waals surface area (Å²) in [6, 6.07) is 14.3. The fourth-order valence-electron chi connectivity index (χ4n) is 2.29. The highest BCUT2D eigenvalue weighted by Gasteiger charge is 2.14. The number of methoxy groups -OCH3 is 1. The number of aromatic amines is 1. The number of amides is 2. The molecule has 3 aromatic rings. The zero-order chi connectivity index (χ0) is 16.9. The maximum atomic E-state index is 12.2. The summed E-state index contributed by atoms with van der Waals surface area (Å²) in [7, 11) is 1.55. The molecule has 0 bridgehead atoms. The van der Waals surface area contributed by atoms with E-state index in [4.69, 9.17) is 4.74 Å². The van der Waals surface area contributed by atoms with Gasteiger partial charge in [0, 0.05) is 17.1 Å². The molecule has 0 fully saturated rings. The van der Waals surface area contributed by atoms with E-state index >= 15 is 0 Å². The minimum atomic E-state index is -0.409. The van der Waals surface area contributed by atoms with Crippen LogP contribution in [0.25, 0.3) is 10.9 Å². The highest BCUT2D eigenvalue weighted by Crippen LogP contribution is 2.17. The molecule has 7 heteroatoms. The molecule has 0 aliphatic rings. The number of ether oxygens (including phenoxy) is 1. The molecule has 3 N–H and O–H groups in total. The molecule has 0 spiro atoms.